The highest BCUT2D eigenvalue weighted by molar-refractivity contribution is 5.81. The third-order valence-electron chi connectivity index (χ3n) is 5.79. The lowest BCUT2D eigenvalue weighted by molar-refractivity contribution is -0.133. The van der Waals surface area contributed by atoms with Gasteiger partial charge in [0.1, 0.15) is 0 Å². The van der Waals surface area contributed by atoms with Crippen molar-refractivity contribution in [3.05, 3.63) is 35.4 Å². The molecule has 27 heavy (non-hydrogen) atoms. The number of guanidine groups is 1. The first-order valence-electron chi connectivity index (χ1n) is 10.3. The summed E-state index contributed by atoms with van der Waals surface area (Å²) in [5.41, 5.74) is 3.02. The summed E-state index contributed by atoms with van der Waals surface area (Å²) in [6, 6.07) is 8.97. The average molecular weight is 371 g/mol. The molecule has 1 unspecified atom stereocenters. The maximum atomic E-state index is 12.2. The van der Waals surface area contributed by atoms with Crippen molar-refractivity contribution >= 4 is 11.9 Å². The van der Waals surface area contributed by atoms with Gasteiger partial charge in [-0.3, -0.25) is 9.79 Å². The Morgan fingerprint density at radius 2 is 2.07 bits per heavy atom. The predicted octanol–water partition coefficient (Wildman–Crippen LogP) is 2.84. The number of nitrogens with zero attached hydrogens (tertiary/aromatic N) is 2. The van der Waals surface area contributed by atoms with Gasteiger partial charge >= 0.3 is 0 Å². The minimum atomic E-state index is 0.0643. The second-order valence-electron chi connectivity index (χ2n) is 8.36. The Morgan fingerprint density at radius 3 is 2.70 bits per heavy atom. The van der Waals surface area contributed by atoms with Crippen molar-refractivity contribution in [1.82, 2.24) is 15.5 Å². The summed E-state index contributed by atoms with van der Waals surface area (Å²) in [5, 5.41) is 6.93. The SMILES string of the molecule is CCNC(=NCC1(c2ccccc2C)CC1)NC1CCN(C(=O)C(C)C)C1. The van der Waals surface area contributed by atoms with Crippen LogP contribution in [-0.2, 0) is 10.2 Å². The van der Waals surface area contributed by atoms with Crippen LogP contribution in [0.4, 0.5) is 0 Å². The lowest BCUT2D eigenvalue weighted by Gasteiger charge is -2.21. The van der Waals surface area contributed by atoms with Gasteiger partial charge in [0.25, 0.3) is 0 Å². The van der Waals surface area contributed by atoms with Crippen LogP contribution in [0.5, 0.6) is 0 Å². The average Bonchev–Trinajstić information content (AvgIpc) is 3.29. The molecule has 148 valence electrons. The lowest BCUT2D eigenvalue weighted by Crippen LogP contribution is -2.45. The molecule has 0 spiro atoms. The zero-order valence-corrected chi connectivity index (χ0v) is 17.2. The summed E-state index contributed by atoms with van der Waals surface area (Å²) in [5.74, 6) is 1.19. The van der Waals surface area contributed by atoms with E-state index in [-0.39, 0.29) is 23.3 Å². The topological polar surface area (TPSA) is 56.7 Å². The summed E-state index contributed by atoms with van der Waals surface area (Å²) in [6.45, 7) is 11.5. The third kappa shape index (κ3) is 4.63. The highest BCUT2D eigenvalue weighted by Crippen LogP contribution is 2.49. The van der Waals surface area contributed by atoms with Gasteiger partial charge in [-0.05, 0) is 44.2 Å². The number of hydrogen-bond acceptors (Lipinski definition) is 2. The number of carbonyl (C=O) groups excluding carboxylic acids is 1. The number of nitrogens with one attached hydrogen (secondary N) is 2. The molecule has 5 heteroatoms. The minimum Gasteiger partial charge on any atom is -0.357 e. The van der Waals surface area contributed by atoms with Gasteiger partial charge in [0.15, 0.2) is 5.96 Å². The van der Waals surface area contributed by atoms with E-state index in [0.29, 0.717) is 0 Å². The summed E-state index contributed by atoms with van der Waals surface area (Å²) >= 11 is 0. The van der Waals surface area contributed by atoms with Crippen LogP contribution in [0.1, 0.15) is 51.2 Å². The molecule has 2 N–H and O–H groups in total. The van der Waals surface area contributed by atoms with E-state index in [0.717, 1.165) is 38.6 Å². The molecule has 0 bridgehead atoms. The van der Waals surface area contributed by atoms with Crippen molar-refractivity contribution in [3.63, 3.8) is 0 Å². The molecule has 0 radical (unpaired) electrons. The molecular formula is C22H34N4O. The van der Waals surface area contributed by atoms with E-state index in [2.05, 4.69) is 48.7 Å². The van der Waals surface area contributed by atoms with Gasteiger partial charge in [-0.2, -0.15) is 0 Å². The highest BCUT2D eigenvalue weighted by atomic mass is 16.2. The van der Waals surface area contributed by atoms with E-state index in [1.165, 1.54) is 24.0 Å². The molecule has 1 atom stereocenters. The Hall–Kier alpha value is -2.04. The normalized spacial score (nSPS) is 21.4. The van der Waals surface area contributed by atoms with Crippen LogP contribution in [0.3, 0.4) is 0 Å². The maximum absolute atomic E-state index is 12.2. The Kier molecular flexibility index (Phi) is 6.08. The summed E-state index contributed by atoms with van der Waals surface area (Å²) in [4.78, 5) is 19.1. The second-order valence-corrected chi connectivity index (χ2v) is 8.36. The van der Waals surface area contributed by atoms with Crippen molar-refractivity contribution in [3.8, 4) is 0 Å². The predicted molar refractivity (Wildman–Crippen MR) is 111 cm³/mol. The summed E-state index contributed by atoms with van der Waals surface area (Å²) in [7, 11) is 0. The largest absolute Gasteiger partial charge is 0.357 e. The quantitative estimate of drug-likeness (QED) is 0.598. The van der Waals surface area contributed by atoms with Gasteiger partial charge < -0.3 is 15.5 Å². The van der Waals surface area contributed by atoms with Gasteiger partial charge in [-0.15, -0.1) is 0 Å². The zero-order chi connectivity index (χ0) is 19.4. The highest BCUT2D eigenvalue weighted by Gasteiger charge is 2.45. The number of aryl methyl sites for hydroxylation is 1. The van der Waals surface area contributed by atoms with Gasteiger partial charge in [0, 0.05) is 37.0 Å². The van der Waals surface area contributed by atoms with Gasteiger partial charge in [0.05, 0.1) is 6.54 Å². The number of rotatable bonds is 6. The van der Waals surface area contributed by atoms with Gasteiger partial charge in [-0.1, -0.05) is 38.1 Å². The van der Waals surface area contributed by atoms with Crippen molar-refractivity contribution in [1.29, 1.82) is 0 Å². The number of carbonyl (C=O) groups is 1. The molecule has 3 rings (SSSR count). The molecule has 1 amide bonds. The number of aliphatic imine (C=N–C) groups is 1. The number of likely N-dealkylation sites (tertiary alicyclic amines) is 1. The first-order chi connectivity index (χ1) is 12.9. The summed E-state index contributed by atoms with van der Waals surface area (Å²) in [6.07, 6.45) is 3.40. The number of benzene rings is 1. The van der Waals surface area contributed by atoms with Crippen LogP contribution < -0.4 is 10.6 Å². The minimum absolute atomic E-state index is 0.0643. The first-order valence-corrected chi connectivity index (χ1v) is 10.3. The summed E-state index contributed by atoms with van der Waals surface area (Å²) < 4.78 is 0. The Balaban J connectivity index is 1.63. The zero-order valence-electron chi connectivity index (χ0n) is 17.2. The van der Waals surface area contributed by atoms with E-state index >= 15 is 0 Å². The Bertz CT molecular complexity index is 693. The monoisotopic (exact) mass is 370 g/mol. The van der Waals surface area contributed by atoms with Crippen LogP contribution in [-0.4, -0.2) is 49.0 Å². The molecule has 1 saturated carbocycles. The van der Waals surface area contributed by atoms with Crippen LogP contribution >= 0.6 is 0 Å². The molecule has 2 fully saturated rings. The standard InChI is InChI=1S/C22H34N4O/c1-5-23-21(25-18-10-13-26(14-18)20(27)16(2)3)24-15-22(11-12-22)19-9-7-6-8-17(19)4/h6-9,16,18H,5,10-15H2,1-4H3,(H2,23,24,25). The van der Waals surface area contributed by atoms with E-state index in [1.54, 1.807) is 0 Å². The van der Waals surface area contributed by atoms with Crippen LogP contribution in [0, 0.1) is 12.8 Å². The molecule has 1 aromatic carbocycles. The van der Waals surface area contributed by atoms with E-state index in [9.17, 15) is 4.79 Å². The second kappa shape index (κ2) is 8.32. The van der Waals surface area contributed by atoms with Crippen molar-refractivity contribution in [2.75, 3.05) is 26.2 Å². The molecule has 5 nitrogen and oxygen atoms in total. The van der Waals surface area contributed by atoms with E-state index < -0.39 is 0 Å². The fourth-order valence-corrected chi connectivity index (χ4v) is 4.02. The number of amides is 1. The van der Waals surface area contributed by atoms with Crippen LogP contribution in [0.15, 0.2) is 29.3 Å². The molecular weight excluding hydrogens is 336 g/mol. The Morgan fingerprint density at radius 1 is 1.33 bits per heavy atom. The van der Waals surface area contributed by atoms with Gasteiger partial charge in [0.2, 0.25) is 5.91 Å². The maximum Gasteiger partial charge on any atom is 0.225 e. The molecule has 1 saturated heterocycles. The first kappa shape index (κ1) is 19.7. The third-order valence-corrected chi connectivity index (χ3v) is 5.79. The molecule has 1 aliphatic heterocycles. The molecule has 1 aromatic rings. The molecule has 2 aliphatic rings. The molecule has 1 heterocycles. The smallest absolute Gasteiger partial charge is 0.225 e. The fraction of sp³-hybridized carbons (Fsp3) is 0.636. The van der Waals surface area contributed by atoms with E-state index in [1.807, 2.05) is 18.7 Å². The van der Waals surface area contributed by atoms with Crippen molar-refractivity contribution in [2.24, 2.45) is 10.9 Å². The van der Waals surface area contributed by atoms with Gasteiger partial charge in [-0.25, -0.2) is 0 Å². The number of hydrogen-bond donors (Lipinski definition) is 2. The van der Waals surface area contributed by atoms with Crippen molar-refractivity contribution in [2.45, 2.75) is 58.4 Å². The van der Waals surface area contributed by atoms with Crippen LogP contribution in [0.2, 0.25) is 0 Å². The van der Waals surface area contributed by atoms with Crippen molar-refractivity contribution < 1.29 is 4.79 Å². The van der Waals surface area contributed by atoms with E-state index in [4.69, 9.17) is 4.99 Å². The lowest BCUT2D eigenvalue weighted by atomic mass is 9.92. The molecule has 0 aromatic heterocycles. The molecule has 1 aliphatic carbocycles. The Labute approximate surface area is 163 Å². The van der Waals surface area contributed by atoms with Crippen LogP contribution in [0.25, 0.3) is 0 Å². The fourth-order valence-electron chi connectivity index (χ4n) is 4.02.